The number of carbonyl (C=O) groups excluding carboxylic acids is 1. The molecule has 0 saturated carbocycles. The van der Waals surface area contributed by atoms with Crippen LogP contribution in [0.25, 0.3) is 11.0 Å². The van der Waals surface area contributed by atoms with Crippen molar-refractivity contribution in [1.82, 2.24) is 19.6 Å². The van der Waals surface area contributed by atoms with Crippen molar-refractivity contribution in [3.63, 3.8) is 0 Å². The van der Waals surface area contributed by atoms with E-state index in [1.54, 1.807) is 4.57 Å². The lowest BCUT2D eigenvalue weighted by molar-refractivity contribution is -0.148. The number of rotatable bonds is 5. The molecule has 34 heavy (non-hydrogen) atoms. The maximum atomic E-state index is 13.2. The molecular formula is C26H32N4O4. The summed E-state index contributed by atoms with van der Waals surface area (Å²) in [6, 6.07) is 6.27. The Balaban J connectivity index is 1.24. The van der Waals surface area contributed by atoms with E-state index in [-0.39, 0.29) is 11.5 Å². The van der Waals surface area contributed by atoms with Crippen molar-refractivity contribution in [2.75, 3.05) is 19.6 Å². The molecule has 0 spiro atoms. The molecule has 2 aliphatic heterocycles. The minimum absolute atomic E-state index is 0.0126. The van der Waals surface area contributed by atoms with E-state index < -0.39 is 6.10 Å². The highest BCUT2D eigenvalue weighted by atomic mass is 16.5. The number of aromatic nitrogens is 3. The summed E-state index contributed by atoms with van der Waals surface area (Å²) in [4.78, 5) is 31.8. The molecule has 3 aromatic rings. The van der Waals surface area contributed by atoms with E-state index in [0.29, 0.717) is 31.1 Å². The fourth-order valence-electron chi connectivity index (χ4n) is 5.41. The summed E-state index contributed by atoms with van der Waals surface area (Å²) >= 11 is 0. The third kappa shape index (κ3) is 4.39. The van der Waals surface area contributed by atoms with Crippen LogP contribution in [0.5, 0.6) is 0 Å². The number of likely N-dealkylation sites (tertiary alicyclic amines) is 1. The van der Waals surface area contributed by atoms with Crippen LogP contribution in [-0.2, 0) is 22.5 Å². The first-order valence-electron chi connectivity index (χ1n) is 12.3. The van der Waals surface area contributed by atoms with E-state index in [9.17, 15) is 9.59 Å². The van der Waals surface area contributed by atoms with Crippen LogP contribution in [0.2, 0.25) is 0 Å². The lowest BCUT2D eigenvalue weighted by Gasteiger charge is -2.31. The first kappa shape index (κ1) is 22.8. The SMILES string of the molecule is CC(=O)OC1CCCn2c1nc(C)c(CCN1CCC(c3noc4cc(C)ccc34)CC1)c2=O. The average Bonchev–Trinajstić information content (AvgIpc) is 3.22. The molecule has 0 amide bonds. The number of esters is 1. The zero-order chi connectivity index (χ0) is 23.8. The number of carbonyl (C=O) groups is 1. The van der Waals surface area contributed by atoms with Gasteiger partial charge in [0.25, 0.3) is 5.56 Å². The minimum atomic E-state index is -0.428. The smallest absolute Gasteiger partial charge is 0.303 e. The standard InChI is InChI=1S/C26H32N4O4/c1-16-6-7-21-23(15-16)34-28-24(21)19-8-12-29(13-9-19)14-10-20-17(2)27-25-22(33-18(3)31)5-4-11-30(25)26(20)32/h6-7,15,19,22H,4-5,8-14H2,1-3H3. The summed E-state index contributed by atoms with van der Waals surface area (Å²) in [6.45, 7) is 8.74. The number of hydrogen-bond donors (Lipinski definition) is 0. The van der Waals surface area contributed by atoms with Gasteiger partial charge in [-0.25, -0.2) is 4.98 Å². The van der Waals surface area contributed by atoms with Crippen LogP contribution in [0.1, 0.15) is 73.0 Å². The van der Waals surface area contributed by atoms with Gasteiger partial charge in [-0.15, -0.1) is 0 Å². The number of aryl methyl sites for hydroxylation is 2. The molecule has 0 radical (unpaired) electrons. The molecule has 180 valence electrons. The van der Waals surface area contributed by atoms with Gasteiger partial charge >= 0.3 is 5.97 Å². The molecule has 0 N–H and O–H groups in total. The highest BCUT2D eigenvalue weighted by molar-refractivity contribution is 5.80. The van der Waals surface area contributed by atoms with Gasteiger partial charge in [-0.1, -0.05) is 11.2 Å². The second-order valence-electron chi connectivity index (χ2n) is 9.66. The van der Waals surface area contributed by atoms with E-state index in [1.165, 1.54) is 12.5 Å². The van der Waals surface area contributed by atoms with Crippen molar-refractivity contribution >= 4 is 16.9 Å². The van der Waals surface area contributed by atoms with E-state index >= 15 is 0 Å². The van der Waals surface area contributed by atoms with E-state index in [0.717, 1.165) is 66.8 Å². The number of hydrogen-bond acceptors (Lipinski definition) is 7. The molecule has 0 bridgehead atoms. The molecule has 8 nitrogen and oxygen atoms in total. The summed E-state index contributed by atoms with van der Waals surface area (Å²) in [6.07, 6.45) is 3.81. The van der Waals surface area contributed by atoms with Gasteiger partial charge in [-0.3, -0.25) is 14.2 Å². The topological polar surface area (TPSA) is 90.5 Å². The molecular weight excluding hydrogens is 432 g/mol. The van der Waals surface area contributed by atoms with Crippen molar-refractivity contribution < 1.29 is 14.1 Å². The largest absolute Gasteiger partial charge is 0.454 e. The third-order valence-electron chi connectivity index (χ3n) is 7.25. The summed E-state index contributed by atoms with van der Waals surface area (Å²) in [5.41, 5.74) is 4.64. The normalized spacial score (nSPS) is 19.3. The number of ether oxygens (including phenoxy) is 1. The molecule has 1 fully saturated rings. The summed E-state index contributed by atoms with van der Waals surface area (Å²) < 4.78 is 12.7. The van der Waals surface area contributed by atoms with Gasteiger partial charge < -0.3 is 14.2 Å². The van der Waals surface area contributed by atoms with Gasteiger partial charge in [0.15, 0.2) is 17.5 Å². The number of fused-ring (bicyclic) bond motifs is 2. The second-order valence-corrected chi connectivity index (χ2v) is 9.66. The van der Waals surface area contributed by atoms with Crippen LogP contribution in [0, 0.1) is 13.8 Å². The fraction of sp³-hybridized carbons (Fsp3) is 0.538. The molecule has 1 atom stereocenters. The lowest BCUT2D eigenvalue weighted by Crippen LogP contribution is -2.38. The van der Waals surface area contributed by atoms with Gasteiger partial charge in [0, 0.05) is 42.6 Å². The van der Waals surface area contributed by atoms with Crippen LogP contribution >= 0.6 is 0 Å². The highest BCUT2D eigenvalue weighted by Crippen LogP contribution is 2.33. The molecule has 1 unspecified atom stereocenters. The summed E-state index contributed by atoms with van der Waals surface area (Å²) in [5.74, 6) is 0.645. The summed E-state index contributed by atoms with van der Waals surface area (Å²) in [5, 5.41) is 5.51. The first-order chi connectivity index (χ1) is 16.4. The predicted molar refractivity (Wildman–Crippen MR) is 128 cm³/mol. The molecule has 1 aromatic carbocycles. The molecule has 8 heteroatoms. The van der Waals surface area contributed by atoms with Crippen molar-refractivity contribution in [2.45, 2.75) is 71.4 Å². The zero-order valence-electron chi connectivity index (χ0n) is 20.2. The van der Waals surface area contributed by atoms with Crippen LogP contribution in [0.15, 0.2) is 27.5 Å². The van der Waals surface area contributed by atoms with Crippen molar-refractivity contribution in [2.24, 2.45) is 0 Å². The Morgan fingerprint density at radius 3 is 2.74 bits per heavy atom. The summed E-state index contributed by atoms with van der Waals surface area (Å²) in [7, 11) is 0. The Labute approximate surface area is 198 Å². The van der Waals surface area contributed by atoms with Gasteiger partial charge in [0.2, 0.25) is 0 Å². The maximum absolute atomic E-state index is 13.2. The van der Waals surface area contributed by atoms with E-state index in [4.69, 9.17) is 14.2 Å². The Kier molecular flexibility index (Phi) is 6.25. The van der Waals surface area contributed by atoms with Crippen LogP contribution in [-0.4, -0.2) is 45.2 Å². The Hall–Kier alpha value is -3.00. The Morgan fingerprint density at radius 1 is 1.18 bits per heavy atom. The Bertz CT molecular complexity index is 1270. The van der Waals surface area contributed by atoms with Gasteiger partial charge in [0.1, 0.15) is 0 Å². The van der Waals surface area contributed by atoms with E-state index in [2.05, 4.69) is 29.1 Å². The number of benzene rings is 1. The third-order valence-corrected chi connectivity index (χ3v) is 7.25. The van der Waals surface area contributed by atoms with Crippen LogP contribution in [0.3, 0.4) is 0 Å². The average molecular weight is 465 g/mol. The molecule has 2 aliphatic rings. The highest BCUT2D eigenvalue weighted by Gasteiger charge is 2.28. The van der Waals surface area contributed by atoms with Crippen molar-refractivity contribution in [3.8, 4) is 0 Å². The minimum Gasteiger partial charge on any atom is -0.454 e. The fourth-order valence-corrected chi connectivity index (χ4v) is 5.41. The Morgan fingerprint density at radius 2 is 1.97 bits per heavy atom. The molecule has 2 aromatic heterocycles. The maximum Gasteiger partial charge on any atom is 0.303 e. The van der Waals surface area contributed by atoms with E-state index in [1.807, 2.05) is 13.0 Å². The number of nitrogens with zero attached hydrogens (tertiary/aromatic N) is 4. The quantitative estimate of drug-likeness (QED) is 0.530. The number of piperidine rings is 1. The molecule has 1 saturated heterocycles. The molecule has 0 aliphatic carbocycles. The van der Waals surface area contributed by atoms with Crippen molar-refractivity contribution in [1.29, 1.82) is 0 Å². The van der Waals surface area contributed by atoms with Gasteiger partial charge in [-0.2, -0.15) is 0 Å². The monoisotopic (exact) mass is 464 g/mol. The van der Waals surface area contributed by atoms with Gasteiger partial charge in [0.05, 0.1) is 5.69 Å². The van der Waals surface area contributed by atoms with Crippen LogP contribution < -0.4 is 5.56 Å². The second kappa shape index (κ2) is 9.33. The first-order valence-corrected chi connectivity index (χ1v) is 12.3. The molecule has 4 heterocycles. The van der Waals surface area contributed by atoms with Crippen molar-refractivity contribution in [3.05, 3.63) is 56.9 Å². The van der Waals surface area contributed by atoms with Crippen LogP contribution in [0.4, 0.5) is 0 Å². The van der Waals surface area contributed by atoms with Gasteiger partial charge in [-0.05, 0) is 76.7 Å². The predicted octanol–water partition coefficient (Wildman–Crippen LogP) is 3.82. The lowest BCUT2D eigenvalue weighted by atomic mass is 9.91. The molecule has 5 rings (SSSR count). The zero-order valence-corrected chi connectivity index (χ0v) is 20.2.